The van der Waals surface area contributed by atoms with Gasteiger partial charge in [-0.15, -0.1) is 0 Å². The number of H-pyrrole nitrogens is 1. The minimum absolute atomic E-state index is 0.284. The van der Waals surface area contributed by atoms with Gasteiger partial charge in [0.2, 0.25) is 0 Å². The lowest BCUT2D eigenvalue weighted by Gasteiger charge is -2.14. The van der Waals surface area contributed by atoms with Gasteiger partial charge in [0, 0.05) is 6.20 Å². The first-order chi connectivity index (χ1) is 8.63. The fourth-order valence-corrected chi connectivity index (χ4v) is 1.43. The Morgan fingerprint density at radius 2 is 2.33 bits per heavy atom. The van der Waals surface area contributed by atoms with Crippen LogP contribution in [0.2, 0.25) is 0 Å². The Kier molecular flexibility index (Phi) is 5.69. The monoisotopic (exact) mass is 254 g/mol. The summed E-state index contributed by atoms with van der Waals surface area (Å²) in [4.78, 5) is 29.1. The number of carbonyl (C=O) groups is 2. The summed E-state index contributed by atoms with van der Waals surface area (Å²) in [7, 11) is 0. The van der Waals surface area contributed by atoms with Crippen molar-refractivity contribution in [3.63, 3.8) is 0 Å². The van der Waals surface area contributed by atoms with E-state index < -0.39 is 18.0 Å². The average Bonchev–Trinajstić information content (AvgIpc) is 2.84. The van der Waals surface area contributed by atoms with Crippen molar-refractivity contribution in [1.82, 2.24) is 20.6 Å². The fourth-order valence-electron chi connectivity index (χ4n) is 1.43. The zero-order valence-electron chi connectivity index (χ0n) is 10.3. The summed E-state index contributed by atoms with van der Waals surface area (Å²) in [5.74, 6) is -1.01. The molecule has 0 saturated carbocycles. The molecular formula is C11H18N4O3. The van der Waals surface area contributed by atoms with Gasteiger partial charge in [-0.05, 0) is 6.42 Å². The molecule has 1 atom stereocenters. The second-order valence-corrected chi connectivity index (χ2v) is 3.94. The Morgan fingerprint density at radius 1 is 1.56 bits per heavy atom. The number of nitrogens with one attached hydrogen (secondary N) is 3. The van der Waals surface area contributed by atoms with Crippen LogP contribution in [0.15, 0.2) is 12.5 Å². The molecule has 1 rings (SSSR count). The van der Waals surface area contributed by atoms with Crippen molar-refractivity contribution in [1.29, 1.82) is 0 Å². The van der Waals surface area contributed by atoms with E-state index in [1.165, 1.54) is 6.33 Å². The zero-order valence-corrected chi connectivity index (χ0v) is 10.3. The van der Waals surface area contributed by atoms with Gasteiger partial charge in [0.05, 0.1) is 18.6 Å². The smallest absolute Gasteiger partial charge is 0.326 e. The number of aromatic nitrogens is 2. The Labute approximate surface area is 105 Å². The van der Waals surface area contributed by atoms with Gasteiger partial charge < -0.3 is 20.7 Å². The van der Waals surface area contributed by atoms with Crippen LogP contribution in [0.4, 0.5) is 4.79 Å². The van der Waals surface area contributed by atoms with Gasteiger partial charge in [-0.1, -0.05) is 19.8 Å². The number of carbonyl (C=O) groups excluding carboxylic acids is 1. The van der Waals surface area contributed by atoms with E-state index in [2.05, 4.69) is 20.6 Å². The summed E-state index contributed by atoms with van der Waals surface area (Å²) in [5.41, 5.74) is 0.755. The van der Waals surface area contributed by atoms with Crippen LogP contribution < -0.4 is 10.6 Å². The van der Waals surface area contributed by atoms with Gasteiger partial charge in [-0.25, -0.2) is 14.6 Å². The number of imidazole rings is 1. The topological polar surface area (TPSA) is 107 Å². The highest BCUT2D eigenvalue weighted by Gasteiger charge is 2.18. The van der Waals surface area contributed by atoms with E-state index in [1.807, 2.05) is 6.92 Å². The van der Waals surface area contributed by atoms with E-state index in [9.17, 15) is 9.59 Å². The Bertz CT molecular complexity index is 378. The molecule has 0 spiro atoms. The van der Waals surface area contributed by atoms with E-state index in [0.29, 0.717) is 6.42 Å². The SMILES string of the molecule is CCCCC(NC(=O)NCc1cnc[nH]1)C(=O)O. The van der Waals surface area contributed by atoms with Crippen molar-refractivity contribution in [2.24, 2.45) is 0 Å². The highest BCUT2D eigenvalue weighted by atomic mass is 16.4. The van der Waals surface area contributed by atoms with E-state index in [-0.39, 0.29) is 6.54 Å². The Hall–Kier alpha value is -2.05. The van der Waals surface area contributed by atoms with Crippen molar-refractivity contribution in [2.75, 3.05) is 0 Å². The Morgan fingerprint density at radius 3 is 2.89 bits per heavy atom. The molecule has 4 N–H and O–H groups in total. The molecule has 100 valence electrons. The number of amides is 2. The maximum absolute atomic E-state index is 11.5. The molecule has 1 aromatic heterocycles. The number of carboxylic acid groups (broad SMARTS) is 1. The predicted octanol–water partition coefficient (Wildman–Crippen LogP) is 0.852. The first kappa shape index (κ1) is 14.0. The summed E-state index contributed by atoms with van der Waals surface area (Å²) >= 11 is 0. The minimum atomic E-state index is -1.01. The van der Waals surface area contributed by atoms with Gasteiger partial charge in [0.25, 0.3) is 0 Å². The third-order valence-corrected chi connectivity index (χ3v) is 2.44. The maximum atomic E-state index is 11.5. The largest absolute Gasteiger partial charge is 0.480 e. The van der Waals surface area contributed by atoms with Crippen molar-refractivity contribution in [3.8, 4) is 0 Å². The number of rotatable bonds is 7. The van der Waals surface area contributed by atoms with Crippen LogP contribution in [-0.2, 0) is 11.3 Å². The summed E-state index contributed by atoms with van der Waals surface area (Å²) in [6, 6.07) is -1.33. The molecule has 0 fully saturated rings. The van der Waals surface area contributed by atoms with Crippen LogP contribution in [0.5, 0.6) is 0 Å². The van der Waals surface area contributed by atoms with Crippen LogP contribution in [0, 0.1) is 0 Å². The third kappa shape index (κ3) is 4.86. The molecule has 0 aliphatic rings. The molecule has 2 amide bonds. The fraction of sp³-hybridized carbons (Fsp3) is 0.545. The number of hydrogen-bond acceptors (Lipinski definition) is 3. The zero-order chi connectivity index (χ0) is 13.4. The molecule has 0 aromatic carbocycles. The lowest BCUT2D eigenvalue weighted by atomic mass is 10.1. The van der Waals surface area contributed by atoms with Crippen molar-refractivity contribution in [2.45, 2.75) is 38.8 Å². The average molecular weight is 254 g/mol. The van der Waals surface area contributed by atoms with Gasteiger partial charge in [0.1, 0.15) is 6.04 Å². The minimum Gasteiger partial charge on any atom is -0.480 e. The number of unbranched alkanes of at least 4 members (excludes halogenated alkanes) is 1. The Balaban J connectivity index is 2.34. The van der Waals surface area contributed by atoms with Gasteiger partial charge in [-0.2, -0.15) is 0 Å². The van der Waals surface area contributed by atoms with Crippen LogP contribution in [0.3, 0.4) is 0 Å². The number of aromatic amines is 1. The molecule has 18 heavy (non-hydrogen) atoms. The van der Waals surface area contributed by atoms with Crippen LogP contribution in [-0.4, -0.2) is 33.1 Å². The molecule has 7 heteroatoms. The predicted molar refractivity (Wildman–Crippen MR) is 64.9 cm³/mol. The third-order valence-electron chi connectivity index (χ3n) is 2.44. The van der Waals surface area contributed by atoms with E-state index in [4.69, 9.17) is 5.11 Å². The lowest BCUT2D eigenvalue weighted by molar-refractivity contribution is -0.139. The number of aliphatic carboxylic acids is 1. The normalized spacial score (nSPS) is 11.8. The van der Waals surface area contributed by atoms with Crippen LogP contribution in [0.1, 0.15) is 31.9 Å². The van der Waals surface area contributed by atoms with Gasteiger partial charge >= 0.3 is 12.0 Å². The molecular weight excluding hydrogens is 236 g/mol. The van der Waals surface area contributed by atoms with E-state index >= 15 is 0 Å². The van der Waals surface area contributed by atoms with Crippen LogP contribution >= 0.6 is 0 Å². The molecule has 1 aromatic rings. The van der Waals surface area contributed by atoms with Gasteiger partial charge in [-0.3, -0.25) is 0 Å². The van der Waals surface area contributed by atoms with Crippen molar-refractivity contribution < 1.29 is 14.7 Å². The number of urea groups is 1. The summed E-state index contributed by atoms with van der Waals surface area (Å²) in [6.07, 6.45) is 5.19. The molecule has 1 heterocycles. The molecule has 0 bridgehead atoms. The maximum Gasteiger partial charge on any atom is 0.326 e. The highest BCUT2D eigenvalue weighted by Crippen LogP contribution is 2.00. The quantitative estimate of drug-likeness (QED) is 0.578. The second-order valence-electron chi connectivity index (χ2n) is 3.94. The van der Waals surface area contributed by atoms with E-state index in [1.54, 1.807) is 6.20 Å². The number of nitrogens with zero attached hydrogens (tertiary/aromatic N) is 1. The second kappa shape index (κ2) is 7.31. The molecule has 7 nitrogen and oxygen atoms in total. The standard InChI is InChI=1S/C11H18N4O3/c1-2-3-4-9(10(16)17)15-11(18)13-6-8-5-12-7-14-8/h5,7,9H,2-4,6H2,1H3,(H,12,14)(H,16,17)(H2,13,15,18). The van der Waals surface area contributed by atoms with Gasteiger partial charge in [0.15, 0.2) is 0 Å². The molecule has 1 unspecified atom stereocenters. The van der Waals surface area contributed by atoms with Crippen molar-refractivity contribution >= 4 is 12.0 Å². The number of hydrogen-bond donors (Lipinski definition) is 4. The molecule has 0 radical (unpaired) electrons. The summed E-state index contributed by atoms with van der Waals surface area (Å²) in [6.45, 7) is 2.25. The van der Waals surface area contributed by atoms with Crippen LogP contribution in [0.25, 0.3) is 0 Å². The summed E-state index contributed by atoms with van der Waals surface area (Å²) < 4.78 is 0. The molecule has 0 aliphatic heterocycles. The van der Waals surface area contributed by atoms with Crippen molar-refractivity contribution in [3.05, 3.63) is 18.2 Å². The number of carboxylic acids is 1. The molecule has 0 saturated heterocycles. The highest BCUT2D eigenvalue weighted by molar-refractivity contribution is 5.82. The molecule has 0 aliphatic carbocycles. The summed E-state index contributed by atoms with van der Waals surface area (Å²) in [5, 5.41) is 13.9. The lowest BCUT2D eigenvalue weighted by Crippen LogP contribution is -2.45. The van der Waals surface area contributed by atoms with E-state index in [0.717, 1.165) is 18.5 Å². The first-order valence-corrected chi connectivity index (χ1v) is 5.88. The first-order valence-electron chi connectivity index (χ1n) is 5.88.